The Bertz CT molecular complexity index is 636. The zero-order chi connectivity index (χ0) is 14.7. The molecule has 0 unspecified atom stereocenters. The van der Waals surface area contributed by atoms with E-state index in [9.17, 15) is 4.79 Å². The Morgan fingerprint density at radius 3 is 2.52 bits per heavy atom. The van der Waals surface area contributed by atoms with E-state index in [0.717, 1.165) is 41.4 Å². The maximum Gasteiger partial charge on any atom is 0.272 e. The molecule has 4 nitrogen and oxygen atoms in total. The van der Waals surface area contributed by atoms with E-state index in [2.05, 4.69) is 4.98 Å². The van der Waals surface area contributed by atoms with Gasteiger partial charge in [-0.05, 0) is 49.2 Å². The van der Waals surface area contributed by atoms with E-state index in [1.54, 1.807) is 18.0 Å². The Morgan fingerprint density at radius 1 is 1.10 bits per heavy atom. The first-order valence-electron chi connectivity index (χ1n) is 7.01. The number of aromatic nitrogens is 1. The summed E-state index contributed by atoms with van der Waals surface area (Å²) >= 11 is 1.60. The van der Waals surface area contributed by atoms with Crippen LogP contribution in [-0.2, 0) is 0 Å². The molecule has 2 aromatic rings. The van der Waals surface area contributed by atoms with Gasteiger partial charge in [0, 0.05) is 34.8 Å². The fourth-order valence-corrected chi connectivity index (χ4v) is 3.19. The molecule has 0 bridgehead atoms. The molecule has 1 aromatic heterocycles. The molecule has 2 heterocycles. The SMILES string of the molecule is Nc1ccc(Sc2ccnc(C(=O)N3CCCC3)c2)cc1. The van der Waals surface area contributed by atoms with E-state index in [-0.39, 0.29) is 5.91 Å². The summed E-state index contributed by atoms with van der Waals surface area (Å²) in [6.07, 6.45) is 3.88. The molecule has 0 saturated carbocycles. The molecular weight excluding hydrogens is 282 g/mol. The summed E-state index contributed by atoms with van der Waals surface area (Å²) in [7, 11) is 0. The molecule has 0 radical (unpaired) electrons. The zero-order valence-corrected chi connectivity index (χ0v) is 12.5. The Kier molecular flexibility index (Phi) is 4.10. The van der Waals surface area contributed by atoms with Crippen molar-refractivity contribution in [3.8, 4) is 0 Å². The van der Waals surface area contributed by atoms with Gasteiger partial charge in [-0.2, -0.15) is 0 Å². The highest BCUT2D eigenvalue weighted by molar-refractivity contribution is 7.99. The van der Waals surface area contributed by atoms with Crippen LogP contribution in [0.4, 0.5) is 5.69 Å². The third-order valence-electron chi connectivity index (χ3n) is 3.46. The largest absolute Gasteiger partial charge is 0.399 e. The summed E-state index contributed by atoms with van der Waals surface area (Å²) in [4.78, 5) is 20.5. The number of nitrogens with two attached hydrogens (primary N) is 1. The van der Waals surface area contributed by atoms with Gasteiger partial charge < -0.3 is 10.6 Å². The average molecular weight is 299 g/mol. The van der Waals surface area contributed by atoms with Crippen molar-refractivity contribution >= 4 is 23.4 Å². The average Bonchev–Trinajstić information content (AvgIpc) is 3.03. The number of rotatable bonds is 3. The minimum Gasteiger partial charge on any atom is -0.399 e. The Morgan fingerprint density at radius 2 is 1.81 bits per heavy atom. The van der Waals surface area contributed by atoms with E-state index in [0.29, 0.717) is 5.69 Å². The third-order valence-corrected chi connectivity index (χ3v) is 4.46. The smallest absolute Gasteiger partial charge is 0.272 e. The lowest BCUT2D eigenvalue weighted by atomic mass is 10.3. The van der Waals surface area contributed by atoms with Crippen molar-refractivity contribution in [3.05, 3.63) is 48.3 Å². The number of anilines is 1. The van der Waals surface area contributed by atoms with E-state index in [1.165, 1.54) is 0 Å². The summed E-state index contributed by atoms with van der Waals surface area (Å²) < 4.78 is 0. The number of benzene rings is 1. The van der Waals surface area contributed by atoms with Crippen LogP contribution in [0.1, 0.15) is 23.3 Å². The number of nitrogen functional groups attached to an aromatic ring is 1. The summed E-state index contributed by atoms with van der Waals surface area (Å²) in [5, 5.41) is 0. The van der Waals surface area contributed by atoms with Crippen LogP contribution in [-0.4, -0.2) is 28.9 Å². The topological polar surface area (TPSA) is 59.2 Å². The predicted octanol–water partition coefficient (Wildman–Crippen LogP) is 3.05. The fourth-order valence-electron chi connectivity index (χ4n) is 2.35. The Hall–Kier alpha value is -2.01. The standard InChI is InChI=1S/C16H17N3OS/c17-12-3-5-13(6-4-12)21-14-7-8-18-15(11-14)16(20)19-9-1-2-10-19/h3-8,11H,1-2,9-10,17H2. The van der Waals surface area contributed by atoms with E-state index < -0.39 is 0 Å². The van der Waals surface area contributed by atoms with Gasteiger partial charge in [0.15, 0.2) is 0 Å². The maximum absolute atomic E-state index is 12.3. The molecule has 1 amide bonds. The number of carbonyl (C=O) groups is 1. The second-order valence-corrected chi connectivity index (χ2v) is 6.19. The lowest BCUT2D eigenvalue weighted by Gasteiger charge is -2.14. The molecule has 1 saturated heterocycles. The first kappa shape index (κ1) is 13.9. The van der Waals surface area contributed by atoms with Gasteiger partial charge in [-0.15, -0.1) is 0 Å². The van der Waals surface area contributed by atoms with Crippen LogP contribution in [0.2, 0.25) is 0 Å². The van der Waals surface area contributed by atoms with Gasteiger partial charge in [-0.3, -0.25) is 9.78 Å². The normalized spacial score (nSPS) is 14.4. The van der Waals surface area contributed by atoms with Gasteiger partial charge >= 0.3 is 0 Å². The molecule has 1 aromatic carbocycles. The van der Waals surface area contributed by atoms with Crippen molar-refractivity contribution in [3.63, 3.8) is 0 Å². The highest BCUT2D eigenvalue weighted by atomic mass is 32.2. The summed E-state index contributed by atoms with van der Waals surface area (Å²) in [6.45, 7) is 1.69. The summed E-state index contributed by atoms with van der Waals surface area (Å²) in [5.41, 5.74) is 6.96. The highest BCUT2D eigenvalue weighted by Gasteiger charge is 2.20. The Balaban J connectivity index is 1.76. The van der Waals surface area contributed by atoms with Gasteiger partial charge in [0.05, 0.1) is 0 Å². The van der Waals surface area contributed by atoms with Crippen LogP contribution >= 0.6 is 11.8 Å². The predicted molar refractivity (Wildman–Crippen MR) is 84.4 cm³/mol. The van der Waals surface area contributed by atoms with Crippen molar-refractivity contribution in [2.24, 2.45) is 0 Å². The van der Waals surface area contributed by atoms with Crippen molar-refractivity contribution in [2.45, 2.75) is 22.6 Å². The number of carbonyl (C=O) groups excluding carboxylic acids is 1. The first-order chi connectivity index (χ1) is 10.2. The van der Waals surface area contributed by atoms with E-state index in [1.807, 2.05) is 41.3 Å². The molecule has 1 aliphatic rings. The number of amides is 1. The lowest BCUT2D eigenvalue weighted by Crippen LogP contribution is -2.28. The number of nitrogens with zero attached hydrogens (tertiary/aromatic N) is 2. The molecule has 2 N–H and O–H groups in total. The summed E-state index contributed by atoms with van der Waals surface area (Å²) in [5.74, 6) is 0.0345. The molecule has 0 atom stereocenters. The van der Waals surface area contributed by atoms with Crippen LogP contribution in [0.25, 0.3) is 0 Å². The quantitative estimate of drug-likeness (QED) is 0.885. The van der Waals surface area contributed by atoms with Crippen LogP contribution < -0.4 is 5.73 Å². The number of pyridine rings is 1. The molecule has 5 heteroatoms. The fraction of sp³-hybridized carbons (Fsp3) is 0.250. The minimum atomic E-state index is 0.0345. The van der Waals surface area contributed by atoms with Gasteiger partial charge in [-0.1, -0.05) is 11.8 Å². The van der Waals surface area contributed by atoms with Crippen LogP contribution in [0.3, 0.4) is 0 Å². The Labute approximate surface area is 128 Å². The van der Waals surface area contributed by atoms with Crippen LogP contribution in [0.5, 0.6) is 0 Å². The van der Waals surface area contributed by atoms with Crippen molar-refractivity contribution in [1.29, 1.82) is 0 Å². The molecule has 1 fully saturated rings. The monoisotopic (exact) mass is 299 g/mol. The van der Waals surface area contributed by atoms with Crippen LogP contribution in [0.15, 0.2) is 52.4 Å². The molecule has 0 spiro atoms. The molecule has 3 rings (SSSR count). The third kappa shape index (κ3) is 3.36. The van der Waals surface area contributed by atoms with E-state index in [4.69, 9.17) is 5.73 Å². The van der Waals surface area contributed by atoms with Gasteiger partial charge in [0.1, 0.15) is 5.69 Å². The number of hydrogen-bond donors (Lipinski definition) is 1. The van der Waals surface area contributed by atoms with Gasteiger partial charge in [-0.25, -0.2) is 0 Å². The maximum atomic E-state index is 12.3. The van der Waals surface area contributed by atoms with E-state index >= 15 is 0 Å². The second-order valence-electron chi connectivity index (χ2n) is 5.05. The van der Waals surface area contributed by atoms with Gasteiger partial charge in [0.2, 0.25) is 0 Å². The molecule has 21 heavy (non-hydrogen) atoms. The van der Waals surface area contributed by atoms with Crippen molar-refractivity contribution < 1.29 is 4.79 Å². The zero-order valence-electron chi connectivity index (χ0n) is 11.7. The lowest BCUT2D eigenvalue weighted by molar-refractivity contribution is 0.0786. The highest BCUT2D eigenvalue weighted by Crippen LogP contribution is 2.28. The minimum absolute atomic E-state index is 0.0345. The second kappa shape index (κ2) is 6.18. The first-order valence-corrected chi connectivity index (χ1v) is 7.83. The molecule has 108 valence electrons. The van der Waals surface area contributed by atoms with Gasteiger partial charge in [0.25, 0.3) is 5.91 Å². The van der Waals surface area contributed by atoms with Crippen molar-refractivity contribution in [2.75, 3.05) is 18.8 Å². The van der Waals surface area contributed by atoms with Crippen molar-refractivity contribution in [1.82, 2.24) is 9.88 Å². The molecule has 0 aliphatic carbocycles. The molecule has 1 aliphatic heterocycles. The number of likely N-dealkylation sites (tertiary alicyclic amines) is 1. The number of hydrogen-bond acceptors (Lipinski definition) is 4. The van der Waals surface area contributed by atoms with Crippen LogP contribution in [0, 0.1) is 0 Å². The molecular formula is C16H17N3OS. The summed E-state index contributed by atoms with van der Waals surface area (Å²) in [6, 6.07) is 11.5.